The Morgan fingerprint density at radius 3 is 2.58 bits per heavy atom. The number of anilines is 1. The number of nitro groups is 1. The summed E-state index contributed by atoms with van der Waals surface area (Å²) in [5.41, 5.74) is 2.74. The van der Waals surface area contributed by atoms with E-state index in [9.17, 15) is 19.7 Å². The number of thiazole rings is 1. The summed E-state index contributed by atoms with van der Waals surface area (Å²) in [5, 5.41) is 18.5. The molecule has 0 fully saturated rings. The zero-order chi connectivity index (χ0) is 22.4. The predicted molar refractivity (Wildman–Crippen MR) is 121 cm³/mol. The van der Waals surface area contributed by atoms with E-state index in [-0.39, 0.29) is 22.2 Å². The molecule has 160 valence electrons. The molecule has 8 nitrogen and oxygen atoms in total. The second-order valence-corrected chi connectivity index (χ2v) is 7.96. The smallest absolute Gasteiger partial charge is 0.270 e. The number of amides is 2. The van der Waals surface area contributed by atoms with Gasteiger partial charge in [0.15, 0.2) is 5.13 Å². The zero-order valence-corrected chi connectivity index (χ0v) is 18.1. The molecule has 0 aliphatic carbocycles. The third kappa shape index (κ3) is 6.09. The van der Waals surface area contributed by atoms with Crippen LogP contribution in [0.5, 0.6) is 0 Å². The Kier molecular flexibility index (Phi) is 7.32. The largest absolute Gasteiger partial charge is 0.356 e. The molecule has 0 saturated carbocycles. The summed E-state index contributed by atoms with van der Waals surface area (Å²) in [4.78, 5) is 38.0. The summed E-state index contributed by atoms with van der Waals surface area (Å²) in [6.45, 7) is 2.14. The average molecular weight is 459 g/mol. The lowest BCUT2D eigenvalue weighted by Crippen LogP contribution is -2.21. The maximum atomic E-state index is 12.4. The molecule has 0 spiro atoms. The minimum absolute atomic E-state index is 0.00225. The highest BCUT2D eigenvalue weighted by Gasteiger charge is 2.16. The van der Waals surface area contributed by atoms with Gasteiger partial charge in [-0.25, -0.2) is 4.98 Å². The Hall–Kier alpha value is -3.30. The molecule has 3 aromatic rings. The first-order valence-electron chi connectivity index (χ1n) is 9.38. The number of hydrogen-bond acceptors (Lipinski definition) is 6. The van der Waals surface area contributed by atoms with Crippen molar-refractivity contribution in [2.75, 3.05) is 11.9 Å². The monoisotopic (exact) mass is 458 g/mol. The van der Waals surface area contributed by atoms with Crippen molar-refractivity contribution in [3.8, 4) is 11.3 Å². The van der Waals surface area contributed by atoms with Gasteiger partial charge in [0.25, 0.3) is 11.6 Å². The van der Waals surface area contributed by atoms with E-state index in [0.29, 0.717) is 11.7 Å². The Balaban J connectivity index is 1.61. The van der Waals surface area contributed by atoms with E-state index >= 15 is 0 Å². The van der Waals surface area contributed by atoms with Gasteiger partial charge >= 0.3 is 0 Å². The number of halogens is 1. The van der Waals surface area contributed by atoms with E-state index in [2.05, 4.69) is 15.6 Å². The molecule has 3 rings (SSSR count). The van der Waals surface area contributed by atoms with Gasteiger partial charge in [0.1, 0.15) is 0 Å². The van der Waals surface area contributed by atoms with Crippen molar-refractivity contribution < 1.29 is 14.5 Å². The summed E-state index contributed by atoms with van der Waals surface area (Å²) < 4.78 is 0. The van der Waals surface area contributed by atoms with Crippen molar-refractivity contribution in [3.05, 3.63) is 74.1 Å². The van der Waals surface area contributed by atoms with Gasteiger partial charge in [-0.3, -0.25) is 25.0 Å². The number of non-ortho nitro benzene ring substituents is 1. The Morgan fingerprint density at radius 1 is 1.19 bits per heavy atom. The molecular weight excluding hydrogens is 440 g/mol. The van der Waals surface area contributed by atoms with Crippen LogP contribution >= 0.6 is 22.9 Å². The molecule has 0 aliphatic rings. The van der Waals surface area contributed by atoms with Crippen LogP contribution in [0.3, 0.4) is 0 Å². The van der Waals surface area contributed by atoms with E-state index in [0.717, 1.165) is 35.7 Å². The van der Waals surface area contributed by atoms with Gasteiger partial charge < -0.3 is 5.32 Å². The fourth-order valence-electron chi connectivity index (χ4n) is 2.83. The number of nitrogens with zero attached hydrogens (tertiary/aromatic N) is 2. The normalized spacial score (nSPS) is 10.5. The first-order chi connectivity index (χ1) is 14.8. The van der Waals surface area contributed by atoms with Crippen LogP contribution in [-0.4, -0.2) is 28.3 Å². The average Bonchev–Trinajstić information content (AvgIpc) is 3.19. The number of benzene rings is 2. The molecule has 2 amide bonds. The highest BCUT2D eigenvalue weighted by atomic mass is 35.5. The lowest BCUT2D eigenvalue weighted by Gasteiger charge is -2.05. The molecule has 31 heavy (non-hydrogen) atoms. The topological polar surface area (TPSA) is 114 Å². The molecule has 1 heterocycles. The molecule has 10 heteroatoms. The Morgan fingerprint density at radius 2 is 1.94 bits per heavy atom. The molecule has 0 radical (unpaired) electrons. The second kappa shape index (κ2) is 10.1. The lowest BCUT2D eigenvalue weighted by atomic mass is 10.1. The van der Waals surface area contributed by atoms with Crippen LogP contribution in [0.15, 0.2) is 47.8 Å². The molecule has 0 saturated heterocycles. The third-order valence-corrected chi connectivity index (χ3v) is 5.47. The predicted octanol–water partition coefficient (Wildman–Crippen LogP) is 4.69. The third-order valence-electron chi connectivity index (χ3n) is 4.40. The SMILES string of the molecule is CC(=O)NCCCc1ccc(-c2csc(NC(=O)c3ccc([N+](=O)[O-])cc3Cl)n2)cc1. The molecule has 0 atom stereocenters. The number of rotatable bonds is 8. The fourth-order valence-corrected chi connectivity index (χ4v) is 3.80. The standard InChI is InChI=1S/C21H19ClN4O4S/c1-13(27)23-10-2-3-14-4-6-15(7-5-14)19-12-31-21(24-19)25-20(28)17-9-8-16(26(29)30)11-18(17)22/h4-9,11-12H,2-3,10H2,1H3,(H,23,27)(H,24,25,28). The first-order valence-corrected chi connectivity index (χ1v) is 10.6. The summed E-state index contributed by atoms with van der Waals surface area (Å²) in [7, 11) is 0. The molecule has 2 N–H and O–H groups in total. The van der Waals surface area contributed by atoms with E-state index < -0.39 is 10.8 Å². The van der Waals surface area contributed by atoms with Crippen LogP contribution in [0, 0.1) is 10.1 Å². The molecule has 0 unspecified atom stereocenters. The highest BCUT2D eigenvalue weighted by molar-refractivity contribution is 7.14. The van der Waals surface area contributed by atoms with Crippen LogP contribution in [0.1, 0.15) is 29.3 Å². The number of aromatic nitrogens is 1. The minimum atomic E-state index is -0.574. The van der Waals surface area contributed by atoms with Crippen molar-refractivity contribution in [1.82, 2.24) is 10.3 Å². The van der Waals surface area contributed by atoms with Crippen molar-refractivity contribution in [2.45, 2.75) is 19.8 Å². The Bertz CT molecular complexity index is 1110. The quantitative estimate of drug-likeness (QED) is 0.288. The molecule has 1 aromatic heterocycles. The maximum Gasteiger partial charge on any atom is 0.270 e. The fraction of sp³-hybridized carbons (Fsp3) is 0.190. The summed E-state index contributed by atoms with van der Waals surface area (Å²) in [5.74, 6) is -0.520. The van der Waals surface area contributed by atoms with Gasteiger partial charge in [0.2, 0.25) is 5.91 Å². The van der Waals surface area contributed by atoms with E-state index in [4.69, 9.17) is 11.6 Å². The molecule has 2 aromatic carbocycles. The van der Waals surface area contributed by atoms with Gasteiger partial charge in [-0.15, -0.1) is 11.3 Å². The van der Waals surface area contributed by atoms with E-state index in [1.54, 1.807) is 0 Å². The highest BCUT2D eigenvalue weighted by Crippen LogP contribution is 2.27. The second-order valence-electron chi connectivity index (χ2n) is 6.70. The zero-order valence-electron chi connectivity index (χ0n) is 16.6. The summed E-state index contributed by atoms with van der Waals surface area (Å²) in [6, 6.07) is 11.6. The molecule has 0 bridgehead atoms. The minimum Gasteiger partial charge on any atom is -0.356 e. The van der Waals surface area contributed by atoms with Crippen LogP contribution in [0.4, 0.5) is 10.8 Å². The number of hydrogen-bond donors (Lipinski definition) is 2. The Labute approximate surface area is 187 Å². The van der Waals surface area contributed by atoms with Crippen molar-refractivity contribution in [1.29, 1.82) is 0 Å². The van der Waals surface area contributed by atoms with Crippen molar-refractivity contribution in [2.24, 2.45) is 0 Å². The molecular formula is C21H19ClN4O4S. The number of nitrogens with one attached hydrogen (secondary N) is 2. The van der Waals surface area contributed by atoms with Crippen molar-refractivity contribution in [3.63, 3.8) is 0 Å². The van der Waals surface area contributed by atoms with Crippen LogP contribution in [0.2, 0.25) is 5.02 Å². The van der Waals surface area contributed by atoms with Gasteiger partial charge in [0.05, 0.1) is 21.2 Å². The summed E-state index contributed by atoms with van der Waals surface area (Å²) >= 11 is 7.28. The van der Waals surface area contributed by atoms with E-state index in [1.807, 2.05) is 29.6 Å². The number of aryl methyl sites for hydroxylation is 1. The maximum absolute atomic E-state index is 12.4. The van der Waals surface area contributed by atoms with Crippen LogP contribution in [0.25, 0.3) is 11.3 Å². The van der Waals surface area contributed by atoms with Gasteiger partial charge in [-0.2, -0.15) is 0 Å². The van der Waals surface area contributed by atoms with Crippen LogP contribution in [-0.2, 0) is 11.2 Å². The number of nitro benzene ring substituents is 1. The first kappa shape index (κ1) is 22.4. The molecule has 0 aliphatic heterocycles. The van der Waals surface area contributed by atoms with E-state index in [1.165, 1.54) is 30.4 Å². The van der Waals surface area contributed by atoms with Crippen molar-refractivity contribution >= 4 is 45.6 Å². The lowest BCUT2D eigenvalue weighted by molar-refractivity contribution is -0.384. The van der Waals surface area contributed by atoms with Gasteiger partial charge in [-0.05, 0) is 24.5 Å². The number of carbonyl (C=O) groups excluding carboxylic acids is 2. The number of carbonyl (C=O) groups is 2. The summed E-state index contributed by atoms with van der Waals surface area (Å²) in [6.07, 6.45) is 1.71. The van der Waals surface area contributed by atoms with Crippen LogP contribution < -0.4 is 10.6 Å². The van der Waals surface area contributed by atoms with Gasteiger partial charge in [0, 0.05) is 36.5 Å². The van der Waals surface area contributed by atoms with Gasteiger partial charge in [-0.1, -0.05) is 35.9 Å².